The van der Waals surface area contributed by atoms with E-state index in [-0.39, 0.29) is 16.7 Å². The Kier molecular flexibility index (Phi) is 5.54. The van der Waals surface area contributed by atoms with Crippen LogP contribution in [0.2, 0.25) is 0 Å². The van der Waals surface area contributed by atoms with E-state index in [9.17, 15) is 35.1 Å². The van der Waals surface area contributed by atoms with Gasteiger partial charge in [0.1, 0.15) is 35.7 Å². The van der Waals surface area contributed by atoms with Crippen molar-refractivity contribution < 1.29 is 49.0 Å². The number of aliphatic hydroxyl groups is 4. The molecule has 0 saturated carbocycles. The summed E-state index contributed by atoms with van der Waals surface area (Å²) in [5.74, 6) is -1.87. The lowest BCUT2D eigenvalue weighted by Gasteiger charge is -2.39. The van der Waals surface area contributed by atoms with Crippen molar-refractivity contribution in [3.05, 3.63) is 28.6 Å². The molecule has 2 heterocycles. The van der Waals surface area contributed by atoms with Crippen molar-refractivity contribution in [1.29, 1.82) is 0 Å². The molecule has 0 radical (unpaired) electrons. The van der Waals surface area contributed by atoms with Gasteiger partial charge in [-0.25, -0.2) is 4.79 Å². The number of rotatable bonds is 4. The molecule has 1 aliphatic heterocycles. The topological polar surface area (TPSA) is 176 Å². The average molecular weight is 398 g/mol. The van der Waals surface area contributed by atoms with Gasteiger partial charge >= 0.3 is 11.6 Å². The van der Waals surface area contributed by atoms with E-state index < -0.39 is 60.4 Å². The zero-order chi connectivity index (χ0) is 20.6. The minimum atomic E-state index is -1.75. The van der Waals surface area contributed by atoms with Crippen molar-refractivity contribution in [3.63, 3.8) is 0 Å². The molecule has 0 aliphatic carbocycles. The number of esters is 1. The smallest absolute Gasteiger partial charge is 0.382 e. The quantitative estimate of drug-likeness (QED) is 0.233. The van der Waals surface area contributed by atoms with Gasteiger partial charge in [-0.2, -0.15) is 0 Å². The molecular weight excluding hydrogens is 380 g/mol. The number of hydrogen-bond donors (Lipinski definition) is 5. The molecule has 2 aromatic rings. The van der Waals surface area contributed by atoms with Crippen LogP contribution in [-0.4, -0.2) is 68.8 Å². The lowest BCUT2D eigenvalue weighted by atomic mass is 9.99. The average Bonchev–Trinajstić information content (AvgIpc) is 2.64. The minimum Gasteiger partial charge on any atom is -0.499 e. The number of carbonyl (C=O) groups is 1. The van der Waals surface area contributed by atoms with Crippen LogP contribution in [0.15, 0.2) is 27.4 Å². The van der Waals surface area contributed by atoms with Crippen LogP contribution in [0.5, 0.6) is 17.2 Å². The second-order valence-electron chi connectivity index (χ2n) is 6.13. The van der Waals surface area contributed by atoms with Gasteiger partial charge < -0.3 is 44.2 Å². The summed E-state index contributed by atoms with van der Waals surface area (Å²) in [6, 6.07) is 3.90. The summed E-state index contributed by atoms with van der Waals surface area (Å²) in [5.41, 5.74) is -1.27. The highest BCUT2D eigenvalue weighted by molar-refractivity contribution is 5.87. The van der Waals surface area contributed by atoms with E-state index in [0.717, 1.165) is 0 Å². The Morgan fingerprint density at radius 2 is 1.89 bits per heavy atom. The third-order valence-electron chi connectivity index (χ3n) is 4.15. The summed E-state index contributed by atoms with van der Waals surface area (Å²) in [6.45, 7) is 0.505. The number of fused-ring (bicyclic) bond motifs is 1. The summed E-state index contributed by atoms with van der Waals surface area (Å²) < 4.78 is 20.4. The van der Waals surface area contributed by atoms with Gasteiger partial charge in [0.15, 0.2) is 5.75 Å². The highest BCUT2D eigenvalue weighted by Gasteiger charge is 2.45. The molecule has 3 rings (SSSR count). The lowest BCUT2D eigenvalue weighted by Crippen LogP contribution is -2.60. The van der Waals surface area contributed by atoms with Gasteiger partial charge in [0.25, 0.3) is 0 Å². The number of carbonyl (C=O) groups excluding carboxylic acids is 1. The fraction of sp³-hybridized carbons (Fsp3) is 0.412. The number of aromatic hydroxyl groups is 1. The highest BCUT2D eigenvalue weighted by atomic mass is 16.7. The fourth-order valence-electron chi connectivity index (χ4n) is 2.77. The highest BCUT2D eigenvalue weighted by Crippen LogP contribution is 2.36. The summed E-state index contributed by atoms with van der Waals surface area (Å²) in [5, 5.41) is 49.1. The maximum atomic E-state index is 11.9. The van der Waals surface area contributed by atoms with Gasteiger partial charge in [0.2, 0.25) is 12.0 Å². The standard InChI is InChI=1S/C17H18O11/c1-6(19)25-7-2-3-8-9(4-7)26-16(24)14(23)15(8)28-17-13(22)12(21)11(20)10(5-18)27-17/h2-4,10-13,17-18,20-23H,5H2,1H3/t10-,11-,12+,13-,17+/m1/s1. The van der Waals surface area contributed by atoms with Crippen molar-refractivity contribution in [2.75, 3.05) is 6.61 Å². The Hall–Kier alpha value is -2.70. The van der Waals surface area contributed by atoms with E-state index in [0.29, 0.717) is 0 Å². The molecule has 0 unspecified atom stereocenters. The van der Waals surface area contributed by atoms with Crippen LogP contribution in [0.4, 0.5) is 0 Å². The molecule has 11 heteroatoms. The van der Waals surface area contributed by atoms with E-state index in [1.165, 1.54) is 25.1 Å². The van der Waals surface area contributed by atoms with E-state index in [4.69, 9.17) is 18.6 Å². The molecule has 152 valence electrons. The van der Waals surface area contributed by atoms with Crippen LogP contribution in [0.3, 0.4) is 0 Å². The van der Waals surface area contributed by atoms with Crippen molar-refractivity contribution in [3.8, 4) is 17.2 Å². The molecule has 0 amide bonds. The Bertz CT molecular complexity index is 935. The summed E-state index contributed by atoms with van der Waals surface area (Å²) >= 11 is 0. The maximum Gasteiger partial charge on any atom is 0.382 e. The predicted octanol–water partition coefficient (Wildman–Crippen LogP) is -1.40. The summed E-state index contributed by atoms with van der Waals surface area (Å²) in [6.07, 6.45) is -7.93. The second-order valence-corrected chi connectivity index (χ2v) is 6.13. The van der Waals surface area contributed by atoms with E-state index in [2.05, 4.69) is 0 Å². The van der Waals surface area contributed by atoms with Crippen molar-refractivity contribution in [2.24, 2.45) is 0 Å². The van der Waals surface area contributed by atoms with Crippen molar-refractivity contribution in [1.82, 2.24) is 0 Å². The SMILES string of the molecule is CC(=O)Oc1ccc2c(O[C@@H]3O[C@H](CO)[C@@H](O)[C@H](O)[C@H]3O)c(O)c(=O)oc2c1. The third-order valence-corrected chi connectivity index (χ3v) is 4.15. The Balaban J connectivity index is 2.01. The summed E-state index contributed by atoms with van der Waals surface area (Å²) in [7, 11) is 0. The molecule has 1 fully saturated rings. The lowest BCUT2D eigenvalue weighted by molar-refractivity contribution is -0.277. The molecule has 5 atom stereocenters. The number of benzene rings is 1. The first-order valence-corrected chi connectivity index (χ1v) is 8.18. The van der Waals surface area contributed by atoms with E-state index >= 15 is 0 Å². The molecule has 1 saturated heterocycles. The number of ether oxygens (including phenoxy) is 3. The molecule has 0 bridgehead atoms. The number of hydrogen-bond acceptors (Lipinski definition) is 11. The second kappa shape index (κ2) is 7.73. The van der Waals surface area contributed by atoms with Crippen LogP contribution in [0.25, 0.3) is 11.0 Å². The van der Waals surface area contributed by atoms with Gasteiger partial charge in [-0.1, -0.05) is 0 Å². The molecule has 11 nitrogen and oxygen atoms in total. The predicted molar refractivity (Wildman–Crippen MR) is 89.9 cm³/mol. The van der Waals surface area contributed by atoms with E-state index in [1.807, 2.05) is 0 Å². The van der Waals surface area contributed by atoms with Gasteiger partial charge in [0, 0.05) is 13.0 Å². The maximum absolute atomic E-state index is 11.9. The van der Waals surface area contributed by atoms with Crippen LogP contribution in [-0.2, 0) is 9.53 Å². The molecule has 1 aromatic carbocycles. The van der Waals surface area contributed by atoms with Crippen LogP contribution in [0.1, 0.15) is 6.92 Å². The van der Waals surface area contributed by atoms with Crippen LogP contribution >= 0.6 is 0 Å². The Morgan fingerprint density at radius 1 is 1.18 bits per heavy atom. The molecule has 1 aromatic heterocycles. The first-order valence-electron chi connectivity index (χ1n) is 8.18. The fourth-order valence-corrected chi connectivity index (χ4v) is 2.77. The molecule has 5 N–H and O–H groups in total. The van der Waals surface area contributed by atoms with Gasteiger partial charge in [-0.3, -0.25) is 4.79 Å². The van der Waals surface area contributed by atoms with E-state index in [1.54, 1.807) is 0 Å². The first kappa shape index (κ1) is 20.0. The monoisotopic (exact) mass is 398 g/mol. The number of aliphatic hydroxyl groups excluding tert-OH is 4. The minimum absolute atomic E-state index is 0.0740. The van der Waals surface area contributed by atoms with Crippen LogP contribution in [0, 0.1) is 0 Å². The van der Waals surface area contributed by atoms with Crippen molar-refractivity contribution >= 4 is 16.9 Å². The Labute approximate surface area is 156 Å². The molecule has 0 spiro atoms. The van der Waals surface area contributed by atoms with Crippen LogP contribution < -0.4 is 15.1 Å². The largest absolute Gasteiger partial charge is 0.499 e. The molecular formula is C17H18O11. The summed E-state index contributed by atoms with van der Waals surface area (Å²) in [4.78, 5) is 23.0. The normalized spacial score (nSPS) is 27.5. The third kappa shape index (κ3) is 3.66. The Morgan fingerprint density at radius 3 is 2.54 bits per heavy atom. The molecule has 1 aliphatic rings. The zero-order valence-electron chi connectivity index (χ0n) is 14.5. The van der Waals surface area contributed by atoms with Gasteiger partial charge in [-0.05, 0) is 12.1 Å². The first-order chi connectivity index (χ1) is 13.2. The van der Waals surface area contributed by atoms with Gasteiger partial charge in [-0.15, -0.1) is 0 Å². The molecule has 28 heavy (non-hydrogen) atoms. The van der Waals surface area contributed by atoms with Crippen molar-refractivity contribution in [2.45, 2.75) is 37.6 Å². The van der Waals surface area contributed by atoms with Gasteiger partial charge in [0.05, 0.1) is 12.0 Å². The zero-order valence-corrected chi connectivity index (χ0v) is 14.5.